The van der Waals surface area contributed by atoms with Crippen molar-refractivity contribution in [3.63, 3.8) is 0 Å². The highest BCUT2D eigenvalue weighted by atomic mass is 32.2. The second-order valence-corrected chi connectivity index (χ2v) is 7.25. The van der Waals surface area contributed by atoms with Crippen molar-refractivity contribution in [1.29, 1.82) is 0 Å². The number of aliphatic carboxylic acids is 1. The average Bonchev–Trinajstić information content (AvgIpc) is 2.37. The molecular formula is C14H18FNO4S. The number of rotatable bonds is 4. The molecule has 1 aliphatic rings. The molecule has 0 saturated carbocycles. The number of sulfonamides is 1. The van der Waals surface area contributed by atoms with Gasteiger partial charge in [0.15, 0.2) is 0 Å². The fourth-order valence-electron chi connectivity index (χ4n) is 2.76. The van der Waals surface area contributed by atoms with E-state index in [1.54, 1.807) is 13.0 Å². The van der Waals surface area contributed by atoms with Gasteiger partial charge >= 0.3 is 5.97 Å². The third-order valence-electron chi connectivity index (χ3n) is 3.84. The predicted molar refractivity (Wildman–Crippen MR) is 75.6 cm³/mol. The van der Waals surface area contributed by atoms with Crippen LogP contribution < -0.4 is 0 Å². The van der Waals surface area contributed by atoms with Crippen molar-refractivity contribution in [2.75, 3.05) is 6.54 Å². The molecule has 21 heavy (non-hydrogen) atoms. The van der Waals surface area contributed by atoms with Gasteiger partial charge in [-0.3, -0.25) is 4.79 Å². The largest absolute Gasteiger partial charge is 0.481 e. The molecule has 1 aliphatic heterocycles. The lowest BCUT2D eigenvalue weighted by atomic mass is 9.92. The Morgan fingerprint density at radius 3 is 2.81 bits per heavy atom. The second kappa shape index (κ2) is 6.11. The van der Waals surface area contributed by atoms with Crippen LogP contribution in [0, 0.1) is 11.7 Å². The molecule has 2 atom stereocenters. The van der Waals surface area contributed by atoms with Gasteiger partial charge in [0.2, 0.25) is 10.0 Å². The number of piperidine rings is 1. The van der Waals surface area contributed by atoms with E-state index < -0.39 is 33.8 Å². The van der Waals surface area contributed by atoms with E-state index in [9.17, 15) is 17.6 Å². The first-order chi connectivity index (χ1) is 9.81. The Kier molecular flexibility index (Phi) is 4.63. The van der Waals surface area contributed by atoms with Gasteiger partial charge in [0.25, 0.3) is 0 Å². The van der Waals surface area contributed by atoms with E-state index in [0.29, 0.717) is 24.9 Å². The maximum absolute atomic E-state index is 13.1. The van der Waals surface area contributed by atoms with Gasteiger partial charge < -0.3 is 5.11 Å². The second-order valence-electron chi connectivity index (χ2n) is 5.32. The number of hydrogen-bond acceptors (Lipinski definition) is 3. The molecule has 0 amide bonds. The molecule has 0 bridgehead atoms. The molecule has 1 heterocycles. The molecular weight excluding hydrogens is 297 g/mol. The zero-order valence-electron chi connectivity index (χ0n) is 11.7. The van der Waals surface area contributed by atoms with Crippen LogP contribution in [0.15, 0.2) is 24.3 Å². The minimum atomic E-state index is -3.67. The monoisotopic (exact) mass is 315 g/mol. The van der Waals surface area contributed by atoms with E-state index in [1.807, 2.05) is 0 Å². The van der Waals surface area contributed by atoms with Gasteiger partial charge in [-0.15, -0.1) is 0 Å². The van der Waals surface area contributed by atoms with Gasteiger partial charge in [-0.05, 0) is 37.5 Å². The van der Waals surface area contributed by atoms with Crippen LogP contribution in [0.2, 0.25) is 0 Å². The number of halogens is 1. The minimum Gasteiger partial charge on any atom is -0.481 e. The molecule has 1 saturated heterocycles. The summed E-state index contributed by atoms with van der Waals surface area (Å²) in [7, 11) is -3.67. The molecule has 0 aromatic heterocycles. The molecule has 1 aromatic rings. The van der Waals surface area contributed by atoms with E-state index in [2.05, 4.69) is 0 Å². The zero-order chi connectivity index (χ0) is 15.6. The number of benzene rings is 1. The molecule has 5 nitrogen and oxygen atoms in total. The first-order valence-electron chi connectivity index (χ1n) is 6.78. The zero-order valence-corrected chi connectivity index (χ0v) is 12.5. The molecule has 7 heteroatoms. The lowest BCUT2D eigenvalue weighted by Gasteiger charge is -2.36. The summed E-state index contributed by atoms with van der Waals surface area (Å²) in [5.41, 5.74) is 0.361. The fraction of sp³-hybridized carbons (Fsp3) is 0.500. The average molecular weight is 315 g/mol. The van der Waals surface area contributed by atoms with Gasteiger partial charge in [0.05, 0.1) is 11.7 Å². The van der Waals surface area contributed by atoms with E-state index in [4.69, 9.17) is 5.11 Å². The van der Waals surface area contributed by atoms with Crippen molar-refractivity contribution in [2.24, 2.45) is 5.92 Å². The van der Waals surface area contributed by atoms with Crippen LogP contribution in [0.1, 0.15) is 25.3 Å². The third-order valence-corrected chi connectivity index (χ3v) is 5.77. The summed E-state index contributed by atoms with van der Waals surface area (Å²) in [6.07, 6.45) is 0.992. The Balaban J connectivity index is 2.20. The van der Waals surface area contributed by atoms with Gasteiger partial charge in [-0.25, -0.2) is 12.8 Å². The molecule has 0 aliphatic carbocycles. The Morgan fingerprint density at radius 1 is 1.48 bits per heavy atom. The first-order valence-corrected chi connectivity index (χ1v) is 8.39. The molecule has 1 aromatic carbocycles. The van der Waals surface area contributed by atoms with E-state index in [-0.39, 0.29) is 5.75 Å². The molecule has 0 radical (unpaired) electrons. The molecule has 0 unspecified atom stereocenters. The molecule has 2 rings (SSSR count). The van der Waals surface area contributed by atoms with Crippen LogP contribution in [0.25, 0.3) is 0 Å². The van der Waals surface area contributed by atoms with Crippen molar-refractivity contribution in [1.82, 2.24) is 4.31 Å². The SMILES string of the molecule is C[C@@H]1[C@H](C(=O)O)CCCN1S(=O)(=O)Cc1cccc(F)c1. The van der Waals surface area contributed by atoms with E-state index in [0.717, 1.165) is 0 Å². The fourth-order valence-corrected chi connectivity index (χ4v) is 4.58. The molecule has 116 valence electrons. The van der Waals surface area contributed by atoms with Gasteiger partial charge in [-0.1, -0.05) is 12.1 Å². The highest BCUT2D eigenvalue weighted by Crippen LogP contribution is 2.27. The van der Waals surface area contributed by atoms with Crippen LogP contribution >= 0.6 is 0 Å². The number of carboxylic acids is 1. The first kappa shape index (κ1) is 15.9. The summed E-state index contributed by atoms with van der Waals surface area (Å²) in [5.74, 6) is -2.48. The Hall–Kier alpha value is -1.47. The van der Waals surface area contributed by atoms with E-state index in [1.165, 1.54) is 22.5 Å². The highest BCUT2D eigenvalue weighted by molar-refractivity contribution is 7.88. The summed E-state index contributed by atoms with van der Waals surface area (Å²) in [6.45, 7) is 1.92. The van der Waals surface area contributed by atoms with Crippen molar-refractivity contribution >= 4 is 16.0 Å². The Morgan fingerprint density at radius 2 is 2.19 bits per heavy atom. The Labute approximate surface area is 123 Å². The lowest BCUT2D eigenvalue weighted by Crippen LogP contribution is -2.49. The standard InChI is InChI=1S/C14H18FNO4S/c1-10-13(14(17)18)6-3-7-16(10)21(19,20)9-11-4-2-5-12(15)8-11/h2,4-5,8,10,13H,3,6-7,9H2,1H3,(H,17,18)/t10-,13-/m1/s1. The van der Waals surface area contributed by atoms with Gasteiger partial charge in [-0.2, -0.15) is 4.31 Å². The topological polar surface area (TPSA) is 74.7 Å². The van der Waals surface area contributed by atoms with Crippen LogP contribution in [0.5, 0.6) is 0 Å². The summed E-state index contributed by atoms with van der Waals surface area (Å²) in [4.78, 5) is 11.2. The molecule has 0 spiro atoms. The summed E-state index contributed by atoms with van der Waals surface area (Å²) in [5, 5.41) is 9.15. The highest BCUT2D eigenvalue weighted by Gasteiger charge is 2.38. The summed E-state index contributed by atoms with van der Waals surface area (Å²) < 4.78 is 39.3. The number of nitrogens with zero attached hydrogens (tertiary/aromatic N) is 1. The summed E-state index contributed by atoms with van der Waals surface area (Å²) in [6, 6.07) is 4.85. The van der Waals surface area contributed by atoms with Crippen LogP contribution in [0.3, 0.4) is 0 Å². The van der Waals surface area contributed by atoms with Crippen LogP contribution in [-0.2, 0) is 20.6 Å². The third kappa shape index (κ3) is 3.59. The van der Waals surface area contributed by atoms with Gasteiger partial charge in [0, 0.05) is 12.6 Å². The Bertz CT molecular complexity index is 632. The quantitative estimate of drug-likeness (QED) is 0.920. The maximum Gasteiger partial charge on any atom is 0.308 e. The smallest absolute Gasteiger partial charge is 0.308 e. The van der Waals surface area contributed by atoms with Gasteiger partial charge in [0.1, 0.15) is 5.82 Å². The molecule has 1 fully saturated rings. The van der Waals surface area contributed by atoms with Crippen molar-refractivity contribution < 1.29 is 22.7 Å². The maximum atomic E-state index is 13.1. The normalized spacial score (nSPS) is 23.9. The molecule has 1 N–H and O–H groups in total. The van der Waals surface area contributed by atoms with Crippen molar-refractivity contribution in [3.05, 3.63) is 35.6 Å². The number of carboxylic acid groups (broad SMARTS) is 1. The van der Waals surface area contributed by atoms with Crippen molar-refractivity contribution in [2.45, 2.75) is 31.6 Å². The number of carbonyl (C=O) groups is 1. The summed E-state index contributed by atoms with van der Waals surface area (Å²) >= 11 is 0. The van der Waals surface area contributed by atoms with Crippen molar-refractivity contribution in [3.8, 4) is 0 Å². The predicted octanol–water partition coefficient (Wildman–Crippen LogP) is 1.84. The number of hydrogen-bond donors (Lipinski definition) is 1. The van der Waals surface area contributed by atoms with Crippen LogP contribution in [-0.4, -0.2) is 36.4 Å². The van der Waals surface area contributed by atoms with Crippen LogP contribution in [0.4, 0.5) is 4.39 Å². The van der Waals surface area contributed by atoms with E-state index >= 15 is 0 Å². The minimum absolute atomic E-state index is 0.308. The lowest BCUT2D eigenvalue weighted by molar-refractivity contribution is -0.144.